The minimum atomic E-state index is -0.569. The van der Waals surface area contributed by atoms with Gasteiger partial charge >= 0.3 is 5.97 Å². The number of hydrogen-bond acceptors (Lipinski definition) is 4. The Labute approximate surface area is 132 Å². The third kappa shape index (κ3) is 6.74. The normalized spacial score (nSPS) is 11.8. The number of carbonyl (C=O) groups is 2. The molecule has 1 unspecified atom stereocenters. The van der Waals surface area contributed by atoms with Crippen LogP contribution in [0.2, 0.25) is 0 Å². The molecule has 4 nitrogen and oxygen atoms in total. The topological polar surface area (TPSA) is 52.6 Å². The summed E-state index contributed by atoms with van der Waals surface area (Å²) in [5.41, 5.74) is 0.942. The van der Waals surface area contributed by atoms with Gasteiger partial charge in [-0.1, -0.05) is 38.3 Å². The Kier molecular flexibility index (Phi) is 8.26. The first-order chi connectivity index (χ1) is 10.6. The Morgan fingerprint density at radius 3 is 2.32 bits per heavy atom. The highest BCUT2D eigenvalue weighted by Gasteiger charge is 2.20. The quantitative estimate of drug-likeness (QED) is 0.488. The fourth-order valence-electron chi connectivity index (χ4n) is 2.25. The van der Waals surface area contributed by atoms with Crippen LogP contribution in [0.1, 0.15) is 51.5 Å². The van der Waals surface area contributed by atoms with Crippen LogP contribution in [0.3, 0.4) is 0 Å². The van der Waals surface area contributed by atoms with Gasteiger partial charge in [-0.3, -0.25) is 4.79 Å². The fraction of sp³-hybridized carbons (Fsp3) is 0.556. The van der Waals surface area contributed by atoms with Crippen molar-refractivity contribution in [3.63, 3.8) is 0 Å². The van der Waals surface area contributed by atoms with Gasteiger partial charge in [0, 0.05) is 6.42 Å². The molecular formula is C18H26O4. The van der Waals surface area contributed by atoms with Crippen LogP contribution in [0.4, 0.5) is 0 Å². The SMILES string of the molecule is CCCCCCC(Oc1ccc(CC(C)=O)cc1)C(=O)OC. The molecule has 0 aliphatic heterocycles. The number of unbranched alkanes of at least 4 members (excludes halogenated alkanes) is 3. The molecule has 0 aliphatic rings. The lowest BCUT2D eigenvalue weighted by molar-refractivity contribution is -0.149. The summed E-state index contributed by atoms with van der Waals surface area (Å²) in [5, 5.41) is 0. The summed E-state index contributed by atoms with van der Waals surface area (Å²) in [6.45, 7) is 3.71. The molecule has 22 heavy (non-hydrogen) atoms. The standard InChI is InChI=1S/C18H26O4/c1-4-5-6-7-8-17(18(20)21-3)22-16-11-9-15(10-12-16)13-14(2)19/h9-12,17H,4-8,13H2,1-3H3. The first-order valence-corrected chi connectivity index (χ1v) is 7.89. The van der Waals surface area contributed by atoms with Crippen LogP contribution in [0.25, 0.3) is 0 Å². The molecular weight excluding hydrogens is 280 g/mol. The Balaban J connectivity index is 2.60. The number of carbonyl (C=O) groups excluding carboxylic acids is 2. The third-order valence-electron chi connectivity index (χ3n) is 3.44. The second-order valence-corrected chi connectivity index (χ2v) is 5.50. The van der Waals surface area contributed by atoms with E-state index in [0.29, 0.717) is 18.6 Å². The molecule has 0 radical (unpaired) electrons. The zero-order chi connectivity index (χ0) is 16.4. The number of rotatable bonds is 10. The number of methoxy groups -OCH3 is 1. The van der Waals surface area contributed by atoms with Crippen molar-refractivity contribution in [1.29, 1.82) is 0 Å². The van der Waals surface area contributed by atoms with Gasteiger partial charge in [-0.25, -0.2) is 4.79 Å². The molecule has 1 rings (SSSR count). The van der Waals surface area contributed by atoms with Crippen molar-refractivity contribution < 1.29 is 19.1 Å². The summed E-state index contributed by atoms with van der Waals surface area (Å²) >= 11 is 0. The number of hydrogen-bond donors (Lipinski definition) is 0. The van der Waals surface area contributed by atoms with Gasteiger partial charge in [0.05, 0.1) is 7.11 Å². The molecule has 0 heterocycles. The smallest absolute Gasteiger partial charge is 0.347 e. The third-order valence-corrected chi connectivity index (χ3v) is 3.44. The predicted octanol–water partition coefficient (Wildman–Crippen LogP) is 3.71. The zero-order valence-corrected chi connectivity index (χ0v) is 13.8. The molecule has 1 aromatic carbocycles. The molecule has 0 saturated carbocycles. The highest BCUT2D eigenvalue weighted by atomic mass is 16.6. The maximum absolute atomic E-state index is 11.8. The van der Waals surface area contributed by atoms with Crippen molar-refractivity contribution in [1.82, 2.24) is 0 Å². The maximum Gasteiger partial charge on any atom is 0.347 e. The van der Waals surface area contributed by atoms with Crippen LogP contribution in [0.15, 0.2) is 24.3 Å². The van der Waals surface area contributed by atoms with E-state index in [0.717, 1.165) is 31.2 Å². The van der Waals surface area contributed by atoms with E-state index in [9.17, 15) is 9.59 Å². The van der Waals surface area contributed by atoms with Gasteiger partial charge in [-0.15, -0.1) is 0 Å². The van der Waals surface area contributed by atoms with Crippen LogP contribution in [0.5, 0.6) is 5.75 Å². The minimum absolute atomic E-state index is 0.122. The van der Waals surface area contributed by atoms with Crippen molar-refractivity contribution >= 4 is 11.8 Å². The lowest BCUT2D eigenvalue weighted by Crippen LogP contribution is -2.28. The molecule has 0 spiro atoms. The van der Waals surface area contributed by atoms with Gasteiger partial charge in [-0.05, 0) is 37.5 Å². The summed E-state index contributed by atoms with van der Waals surface area (Å²) in [6, 6.07) is 7.28. The van der Waals surface area contributed by atoms with Gasteiger partial charge in [0.1, 0.15) is 11.5 Å². The lowest BCUT2D eigenvalue weighted by Gasteiger charge is -2.17. The number of Topliss-reactive ketones (excluding diaryl/α,β-unsaturated/α-hetero) is 1. The summed E-state index contributed by atoms with van der Waals surface area (Å²) in [5.74, 6) is 0.402. The van der Waals surface area contributed by atoms with E-state index in [1.165, 1.54) is 7.11 Å². The lowest BCUT2D eigenvalue weighted by atomic mass is 10.1. The van der Waals surface area contributed by atoms with Crippen LogP contribution >= 0.6 is 0 Å². The van der Waals surface area contributed by atoms with Crippen molar-refractivity contribution in [3.8, 4) is 5.75 Å². The van der Waals surface area contributed by atoms with E-state index in [4.69, 9.17) is 9.47 Å². The summed E-state index contributed by atoms with van der Waals surface area (Å²) < 4.78 is 10.6. The van der Waals surface area contributed by atoms with Gasteiger partial charge < -0.3 is 9.47 Å². The Morgan fingerprint density at radius 1 is 1.09 bits per heavy atom. The zero-order valence-electron chi connectivity index (χ0n) is 13.8. The largest absolute Gasteiger partial charge is 0.479 e. The molecule has 0 aromatic heterocycles. The van der Waals surface area contributed by atoms with E-state index >= 15 is 0 Å². The first-order valence-electron chi connectivity index (χ1n) is 7.89. The molecule has 122 valence electrons. The molecule has 0 saturated heterocycles. The van der Waals surface area contributed by atoms with Crippen LogP contribution in [0, 0.1) is 0 Å². The first kappa shape index (κ1) is 18.2. The molecule has 0 fully saturated rings. The van der Waals surface area contributed by atoms with E-state index in [1.54, 1.807) is 19.1 Å². The van der Waals surface area contributed by atoms with E-state index in [1.807, 2.05) is 12.1 Å². The molecule has 0 bridgehead atoms. The van der Waals surface area contributed by atoms with Crippen molar-refractivity contribution in [2.24, 2.45) is 0 Å². The number of benzene rings is 1. The molecule has 0 N–H and O–H groups in total. The Bertz CT molecular complexity index is 464. The minimum Gasteiger partial charge on any atom is -0.479 e. The fourth-order valence-corrected chi connectivity index (χ4v) is 2.25. The second-order valence-electron chi connectivity index (χ2n) is 5.50. The van der Waals surface area contributed by atoms with Crippen LogP contribution in [-0.4, -0.2) is 25.0 Å². The van der Waals surface area contributed by atoms with Crippen molar-refractivity contribution in [2.75, 3.05) is 7.11 Å². The number of esters is 1. The highest BCUT2D eigenvalue weighted by molar-refractivity contribution is 5.78. The van der Waals surface area contributed by atoms with Crippen LogP contribution < -0.4 is 4.74 Å². The summed E-state index contributed by atoms with van der Waals surface area (Å²) in [7, 11) is 1.38. The molecule has 1 aromatic rings. The van der Waals surface area contributed by atoms with E-state index in [-0.39, 0.29) is 11.8 Å². The number of ketones is 1. The van der Waals surface area contributed by atoms with Crippen molar-refractivity contribution in [3.05, 3.63) is 29.8 Å². The van der Waals surface area contributed by atoms with Crippen LogP contribution in [-0.2, 0) is 20.7 Å². The molecule has 1 atom stereocenters. The Morgan fingerprint density at radius 2 is 1.77 bits per heavy atom. The summed E-state index contributed by atoms with van der Waals surface area (Å²) in [6.07, 6.45) is 4.84. The monoisotopic (exact) mass is 306 g/mol. The van der Waals surface area contributed by atoms with Gasteiger partial charge in [0.2, 0.25) is 0 Å². The Hall–Kier alpha value is -1.84. The van der Waals surface area contributed by atoms with Crippen molar-refractivity contribution in [2.45, 2.75) is 58.5 Å². The summed E-state index contributed by atoms with van der Waals surface area (Å²) in [4.78, 5) is 22.9. The highest BCUT2D eigenvalue weighted by Crippen LogP contribution is 2.18. The van der Waals surface area contributed by atoms with E-state index < -0.39 is 6.10 Å². The second kappa shape index (κ2) is 9.98. The predicted molar refractivity (Wildman–Crippen MR) is 86.0 cm³/mol. The molecule has 0 amide bonds. The van der Waals surface area contributed by atoms with Gasteiger partial charge in [-0.2, -0.15) is 0 Å². The molecule has 4 heteroatoms. The average Bonchev–Trinajstić information content (AvgIpc) is 2.50. The number of ether oxygens (including phenoxy) is 2. The maximum atomic E-state index is 11.8. The van der Waals surface area contributed by atoms with E-state index in [2.05, 4.69) is 6.92 Å². The molecule has 0 aliphatic carbocycles. The van der Waals surface area contributed by atoms with Gasteiger partial charge in [0.15, 0.2) is 6.10 Å². The average molecular weight is 306 g/mol. The van der Waals surface area contributed by atoms with Gasteiger partial charge in [0.25, 0.3) is 0 Å².